The quantitative estimate of drug-likeness (QED) is 0.885. The molecule has 0 aliphatic heterocycles. The van der Waals surface area contributed by atoms with E-state index in [-0.39, 0.29) is 0 Å². The van der Waals surface area contributed by atoms with Crippen LogP contribution in [0.5, 0.6) is 0 Å². The van der Waals surface area contributed by atoms with Crippen LogP contribution in [0.2, 0.25) is 5.02 Å². The van der Waals surface area contributed by atoms with Gasteiger partial charge >= 0.3 is 0 Å². The lowest BCUT2D eigenvalue weighted by Gasteiger charge is -2.10. The van der Waals surface area contributed by atoms with E-state index in [4.69, 9.17) is 11.6 Å². The smallest absolute Gasteiger partial charge is 0.125 e. The Balaban J connectivity index is 2.17. The van der Waals surface area contributed by atoms with E-state index in [9.17, 15) is 9.50 Å². The predicted molar refractivity (Wildman–Crippen MR) is 64.4 cm³/mol. The largest absolute Gasteiger partial charge is 0.388 e. The molecule has 0 bridgehead atoms. The standard InChI is InChI=1S/C12H10ClFOS/c13-10-4-9(5-11(14)6-10)12(15)3-8-1-2-16-7-8/h1-2,4-7,12,15H,3H2. The number of benzene rings is 1. The van der Waals surface area contributed by atoms with Crippen molar-refractivity contribution in [2.24, 2.45) is 0 Å². The summed E-state index contributed by atoms with van der Waals surface area (Å²) in [6.07, 6.45) is -0.244. The summed E-state index contributed by atoms with van der Waals surface area (Å²) in [5, 5.41) is 14.1. The van der Waals surface area contributed by atoms with E-state index >= 15 is 0 Å². The van der Waals surface area contributed by atoms with Gasteiger partial charge in [0.25, 0.3) is 0 Å². The SMILES string of the molecule is OC(Cc1ccsc1)c1cc(F)cc(Cl)c1. The third kappa shape index (κ3) is 2.82. The Kier molecular flexibility index (Phi) is 3.59. The maximum atomic E-state index is 13.1. The van der Waals surface area contributed by atoms with Crippen molar-refractivity contribution in [3.8, 4) is 0 Å². The molecule has 2 aromatic rings. The maximum absolute atomic E-state index is 13.1. The third-order valence-electron chi connectivity index (χ3n) is 2.28. The van der Waals surface area contributed by atoms with Crippen LogP contribution in [0.25, 0.3) is 0 Å². The summed E-state index contributed by atoms with van der Waals surface area (Å²) in [6.45, 7) is 0. The lowest BCUT2D eigenvalue weighted by atomic mass is 10.0. The molecule has 0 aliphatic rings. The molecule has 1 nitrogen and oxygen atoms in total. The van der Waals surface area contributed by atoms with Crippen LogP contribution in [-0.4, -0.2) is 5.11 Å². The highest BCUT2D eigenvalue weighted by molar-refractivity contribution is 7.07. The van der Waals surface area contributed by atoms with Crippen molar-refractivity contribution in [2.45, 2.75) is 12.5 Å². The molecule has 1 unspecified atom stereocenters. The van der Waals surface area contributed by atoms with Gasteiger partial charge in [-0.25, -0.2) is 4.39 Å². The van der Waals surface area contributed by atoms with Gasteiger partial charge in [-0.3, -0.25) is 0 Å². The summed E-state index contributed by atoms with van der Waals surface area (Å²) < 4.78 is 13.1. The molecule has 0 radical (unpaired) electrons. The van der Waals surface area contributed by atoms with Crippen molar-refractivity contribution in [2.75, 3.05) is 0 Å². The molecular formula is C12H10ClFOS. The van der Waals surface area contributed by atoms with E-state index < -0.39 is 11.9 Å². The second-order valence-electron chi connectivity index (χ2n) is 3.55. The molecule has 16 heavy (non-hydrogen) atoms. The number of aliphatic hydroxyl groups is 1. The highest BCUT2D eigenvalue weighted by atomic mass is 35.5. The van der Waals surface area contributed by atoms with Crippen molar-refractivity contribution in [1.29, 1.82) is 0 Å². The van der Waals surface area contributed by atoms with E-state index in [1.54, 1.807) is 17.4 Å². The van der Waals surface area contributed by atoms with Gasteiger partial charge in [0.05, 0.1) is 6.10 Å². The van der Waals surface area contributed by atoms with Gasteiger partial charge in [-0.2, -0.15) is 11.3 Å². The topological polar surface area (TPSA) is 20.2 Å². The Morgan fingerprint density at radius 3 is 2.81 bits per heavy atom. The average molecular weight is 257 g/mol. The Morgan fingerprint density at radius 2 is 2.19 bits per heavy atom. The van der Waals surface area contributed by atoms with Crippen LogP contribution in [-0.2, 0) is 6.42 Å². The summed E-state index contributed by atoms with van der Waals surface area (Å²) >= 11 is 7.30. The van der Waals surface area contributed by atoms with Crippen molar-refractivity contribution in [1.82, 2.24) is 0 Å². The summed E-state index contributed by atoms with van der Waals surface area (Å²) in [4.78, 5) is 0. The Bertz CT molecular complexity index is 450. The van der Waals surface area contributed by atoms with E-state index in [1.807, 2.05) is 16.8 Å². The maximum Gasteiger partial charge on any atom is 0.125 e. The molecule has 1 aromatic heterocycles. The Morgan fingerprint density at radius 1 is 1.38 bits per heavy atom. The first-order chi connectivity index (χ1) is 7.65. The summed E-state index contributed by atoms with van der Waals surface area (Å²) in [7, 11) is 0. The molecule has 0 saturated carbocycles. The van der Waals surface area contributed by atoms with Crippen molar-refractivity contribution in [3.05, 3.63) is 57.0 Å². The second kappa shape index (κ2) is 4.95. The normalized spacial score (nSPS) is 12.7. The average Bonchev–Trinajstić information content (AvgIpc) is 2.68. The van der Waals surface area contributed by atoms with Gasteiger partial charge in [0.15, 0.2) is 0 Å². The lowest BCUT2D eigenvalue weighted by molar-refractivity contribution is 0.178. The van der Waals surface area contributed by atoms with Crippen LogP contribution < -0.4 is 0 Å². The molecule has 2 rings (SSSR count). The van der Waals surface area contributed by atoms with Crippen LogP contribution in [0, 0.1) is 5.82 Å². The van der Waals surface area contributed by atoms with Crippen LogP contribution in [0.3, 0.4) is 0 Å². The van der Waals surface area contributed by atoms with Gasteiger partial charge in [-0.05, 0) is 46.2 Å². The number of hydrogen-bond donors (Lipinski definition) is 1. The van der Waals surface area contributed by atoms with Crippen molar-refractivity contribution >= 4 is 22.9 Å². The fourth-order valence-corrected chi connectivity index (χ4v) is 2.43. The Hall–Kier alpha value is -0.900. The predicted octanol–water partition coefficient (Wildman–Crippen LogP) is 3.82. The first-order valence-corrected chi connectivity index (χ1v) is 6.12. The third-order valence-corrected chi connectivity index (χ3v) is 3.23. The van der Waals surface area contributed by atoms with E-state index in [2.05, 4.69) is 0 Å². The van der Waals surface area contributed by atoms with Gasteiger partial charge in [0.1, 0.15) is 5.82 Å². The van der Waals surface area contributed by atoms with Crippen LogP contribution in [0.4, 0.5) is 4.39 Å². The van der Waals surface area contributed by atoms with E-state index in [1.165, 1.54) is 12.1 Å². The van der Waals surface area contributed by atoms with E-state index in [0.29, 0.717) is 17.0 Å². The zero-order valence-electron chi connectivity index (χ0n) is 8.36. The number of thiophene rings is 1. The van der Waals surface area contributed by atoms with Gasteiger partial charge in [-0.15, -0.1) is 0 Å². The molecule has 0 fully saturated rings. The molecule has 1 atom stereocenters. The molecule has 1 aromatic carbocycles. The molecule has 0 spiro atoms. The van der Waals surface area contributed by atoms with Gasteiger partial charge < -0.3 is 5.11 Å². The van der Waals surface area contributed by atoms with Gasteiger partial charge in [0.2, 0.25) is 0 Å². The summed E-state index contributed by atoms with van der Waals surface area (Å²) in [6, 6.07) is 6.06. The van der Waals surface area contributed by atoms with Crippen LogP contribution in [0.1, 0.15) is 17.2 Å². The first-order valence-electron chi connectivity index (χ1n) is 4.80. The molecule has 0 saturated heterocycles. The van der Waals surface area contributed by atoms with E-state index in [0.717, 1.165) is 5.56 Å². The van der Waals surface area contributed by atoms with Crippen molar-refractivity contribution in [3.63, 3.8) is 0 Å². The fourth-order valence-electron chi connectivity index (χ4n) is 1.52. The monoisotopic (exact) mass is 256 g/mol. The minimum atomic E-state index is -0.720. The number of rotatable bonds is 3. The minimum absolute atomic E-state index is 0.305. The first kappa shape index (κ1) is 11.6. The fraction of sp³-hybridized carbons (Fsp3) is 0.167. The van der Waals surface area contributed by atoms with Crippen LogP contribution in [0.15, 0.2) is 35.0 Å². The van der Waals surface area contributed by atoms with Gasteiger partial charge in [0, 0.05) is 11.4 Å². The number of hydrogen-bond acceptors (Lipinski definition) is 2. The molecule has 4 heteroatoms. The molecule has 1 N–H and O–H groups in total. The Labute approximate surface area is 102 Å². The molecule has 84 valence electrons. The number of halogens is 2. The molecule has 0 amide bonds. The summed E-state index contributed by atoms with van der Waals surface area (Å²) in [5.41, 5.74) is 1.55. The molecular weight excluding hydrogens is 247 g/mol. The molecule has 1 heterocycles. The summed E-state index contributed by atoms with van der Waals surface area (Å²) in [5.74, 6) is -0.424. The minimum Gasteiger partial charge on any atom is -0.388 e. The highest BCUT2D eigenvalue weighted by Crippen LogP contribution is 2.23. The zero-order valence-corrected chi connectivity index (χ0v) is 9.93. The van der Waals surface area contributed by atoms with Gasteiger partial charge in [-0.1, -0.05) is 11.6 Å². The highest BCUT2D eigenvalue weighted by Gasteiger charge is 2.11. The van der Waals surface area contributed by atoms with Crippen LogP contribution >= 0.6 is 22.9 Å². The zero-order chi connectivity index (χ0) is 11.5. The second-order valence-corrected chi connectivity index (χ2v) is 4.77. The number of aliphatic hydroxyl groups excluding tert-OH is 1. The molecule has 0 aliphatic carbocycles. The van der Waals surface area contributed by atoms with Crippen molar-refractivity contribution < 1.29 is 9.50 Å². The lowest BCUT2D eigenvalue weighted by Crippen LogP contribution is -2.01.